The predicted molar refractivity (Wildman–Crippen MR) is 87.5 cm³/mol. The van der Waals surface area contributed by atoms with Crippen molar-refractivity contribution in [2.45, 2.75) is 32.4 Å². The number of halogens is 1. The number of hydrogen-bond acceptors (Lipinski definition) is 5. The first kappa shape index (κ1) is 16.6. The quantitative estimate of drug-likeness (QED) is 0.821. The summed E-state index contributed by atoms with van der Waals surface area (Å²) in [5.74, 6) is 0.536. The van der Waals surface area contributed by atoms with E-state index in [0.717, 1.165) is 32.7 Å². The highest BCUT2D eigenvalue weighted by Crippen LogP contribution is 2.25. The Morgan fingerprint density at radius 1 is 1.30 bits per heavy atom. The van der Waals surface area contributed by atoms with Gasteiger partial charge in [0.05, 0.1) is 17.7 Å². The minimum absolute atomic E-state index is 0.101. The summed E-state index contributed by atoms with van der Waals surface area (Å²) < 4.78 is 6.03. The Morgan fingerprint density at radius 2 is 2.04 bits per heavy atom. The zero-order chi connectivity index (χ0) is 16.4. The fraction of sp³-hybridized carbons (Fsp3) is 0.688. The Kier molecular flexibility index (Phi) is 5.14. The van der Waals surface area contributed by atoms with Gasteiger partial charge in [-0.15, -0.1) is 0 Å². The number of likely N-dealkylation sites (tertiary alicyclic amines) is 1. The van der Waals surface area contributed by atoms with E-state index >= 15 is 0 Å². The molecule has 2 atom stereocenters. The van der Waals surface area contributed by atoms with Crippen molar-refractivity contribution in [3.05, 3.63) is 23.2 Å². The molecule has 0 saturated carbocycles. The zero-order valence-corrected chi connectivity index (χ0v) is 14.4. The summed E-state index contributed by atoms with van der Waals surface area (Å²) in [6, 6.07) is 0.527. The molecule has 6 nitrogen and oxygen atoms in total. The number of hydrogen-bond donors (Lipinski definition) is 0. The highest BCUT2D eigenvalue weighted by molar-refractivity contribution is 6.30. The van der Waals surface area contributed by atoms with Crippen LogP contribution in [-0.2, 0) is 4.74 Å². The first-order valence-corrected chi connectivity index (χ1v) is 8.55. The van der Waals surface area contributed by atoms with Crippen LogP contribution in [-0.4, -0.2) is 70.6 Å². The van der Waals surface area contributed by atoms with Crippen molar-refractivity contribution in [1.29, 1.82) is 0 Å². The van der Waals surface area contributed by atoms with Gasteiger partial charge < -0.3 is 9.64 Å². The Labute approximate surface area is 141 Å². The smallest absolute Gasteiger partial charge is 0.291 e. The maximum Gasteiger partial charge on any atom is 0.291 e. The fourth-order valence-corrected chi connectivity index (χ4v) is 3.39. The van der Waals surface area contributed by atoms with Crippen molar-refractivity contribution >= 4 is 17.5 Å². The van der Waals surface area contributed by atoms with E-state index in [-0.39, 0.29) is 17.8 Å². The summed E-state index contributed by atoms with van der Waals surface area (Å²) in [4.78, 5) is 24.9. The van der Waals surface area contributed by atoms with Gasteiger partial charge in [-0.1, -0.05) is 11.6 Å². The predicted octanol–water partition coefficient (Wildman–Crippen LogP) is 1.70. The van der Waals surface area contributed by atoms with Crippen LogP contribution in [0, 0.1) is 5.92 Å². The first-order chi connectivity index (χ1) is 11.0. The molecule has 7 heteroatoms. The summed E-state index contributed by atoms with van der Waals surface area (Å²) in [6.07, 6.45) is 3.96. The van der Waals surface area contributed by atoms with Crippen LogP contribution < -0.4 is 0 Å². The lowest BCUT2D eigenvalue weighted by Crippen LogP contribution is -2.49. The Bertz CT molecular complexity index is 552. The minimum atomic E-state index is -0.145. The maximum absolute atomic E-state index is 12.5. The molecule has 2 unspecified atom stereocenters. The molecular formula is C16H23ClN4O2. The SMILES string of the molecule is CC(C)N1CCOC2CN(C(=O)c3ncc(Cl)cn3)CCC2C1. The first-order valence-electron chi connectivity index (χ1n) is 8.17. The van der Waals surface area contributed by atoms with Gasteiger partial charge >= 0.3 is 0 Å². The topological polar surface area (TPSA) is 58.6 Å². The molecule has 1 amide bonds. The van der Waals surface area contributed by atoms with Crippen LogP contribution in [0.5, 0.6) is 0 Å². The zero-order valence-electron chi connectivity index (χ0n) is 13.6. The van der Waals surface area contributed by atoms with Gasteiger partial charge in [-0.3, -0.25) is 9.69 Å². The van der Waals surface area contributed by atoms with Crippen molar-refractivity contribution in [1.82, 2.24) is 19.8 Å². The summed E-state index contributed by atoms with van der Waals surface area (Å²) in [5.41, 5.74) is 0. The number of rotatable bonds is 2. The van der Waals surface area contributed by atoms with Gasteiger partial charge in [-0.2, -0.15) is 0 Å². The van der Waals surface area contributed by atoms with E-state index < -0.39 is 0 Å². The van der Waals surface area contributed by atoms with Crippen LogP contribution in [0.3, 0.4) is 0 Å². The largest absolute Gasteiger partial charge is 0.375 e. The van der Waals surface area contributed by atoms with Gasteiger partial charge in [-0.25, -0.2) is 9.97 Å². The van der Waals surface area contributed by atoms with Crippen LogP contribution >= 0.6 is 11.6 Å². The van der Waals surface area contributed by atoms with E-state index in [2.05, 4.69) is 28.7 Å². The number of ether oxygens (including phenoxy) is 1. The van der Waals surface area contributed by atoms with Gasteiger partial charge in [0.15, 0.2) is 0 Å². The molecule has 1 aromatic rings. The highest BCUT2D eigenvalue weighted by Gasteiger charge is 2.36. The minimum Gasteiger partial charge on any atom is -0.375 e. The second-order valence-corrected chi connectivity index (χ2v) is 6.96. The molecule has 0 N–H and O–H groups in total. The molecule has 23 heavy (non-hydrogen) atoms. The molecule has 3 heterocycles. The molecule has 0 aromatic carbocycles. The van der Waals surface area contributed by atoms with E-state index in [9.17, 15) is 4.79 Å². The maximum atomic E-state index is 12.5. The van der Waals surface area contributed by atoms with E-state index in [1.165, 1.54) is 12.4 Å². The number of fused-ring (bicyclic) bond motifs is 1. The summed E-state index contributed by atoms with van der Waals surface area (Å²) >= 11 is 5.78. The van der Waals surface area contributed by atoms with Gasteiger partial charge in [0.2, 0.25) is 5.82 Å². The molecule has 3 rings (SSSR count). The van der Waals surface area contributed by atoms with E-state index in [1.54, 1.807) is 4.90 Å². The van der Waals surface area contributed by atoms with Crippen LogP contribution in [0.2, 0.25) is 5.02 Å². The van der Waals surface area contributed by atoms with E-state index in [4.69, 9.17) is 16.3 Å². The highest BCUT2D eigenvalue weighted by atomic mass is 35.5. The summed E-state index contributed by atoms with van der Waals surface area (Å²) in [6.45, 7) is 8.50. The fourth-order valence-electron chi connectivity index (χ4n) is 3.29. The van der Waals surface area contributed by atoms with Crippen molar-refractivity contribution < 1.29 is 9.53 Å². The molecule has 0 aliphatic carbocycles. The number of carbonyl (C=O) groups is 1. The van der Waals surface area contributed by atoms with Gasteiger partial charge in [0.1, 0.15) is 0 Å². The van der Waals surface area contributed by atoms with Gasteiger partial charge in [0.25, 0.3) is 5.91 Å². The lowest BCUT2D eigenvalue weighted by Gasteiger charge is -2.38. The second-order valence-electron chi connectivity index (χ2n) is 6.52. The average Bonchev–Trinajstić information content (AvgIpc) is 2.76. The lowest BCUT2D eigenvalue weighted by atomic mass is 9.93. The second kappa shape index (κ2) is 7.11. The van der Waals surface area contributed by atoms with Gasteiger partial charge in [0, 0.05) is 50.5 Å². The number of carbonyl (C=O) groups excluding carboxylic acids is 1. The van der Waals surface area contributed by atoms with E-state index in [0.29, 0.717) is 23.5 Å². The number of nitrogens with zero attached hydrogens (tertiary/aromatic N) is 4. The molecule has 0 radical (unpaired) electrons. The molecule has 126 valence electrons. The van der Waals surface area contributed by atoms with Crippen molar-refractivity contribution in [3.8, 4) is 0 Å². The molecule has 0 bridgehead atoms. The van der Waals surface area contributed by atoms with Crippen LogP contribution in [0.25, 0.3) is 0 Å². The monoisotopic (exact) mass is 338 g/mol. The molecule has 2 aliphatic heterocycles. The number of piperidine rings is 1. The lowest BCUT2D eigenvalue weighted by molar-refractivity contribution is -0.0174. The third-order valence-corrected chi connectivity index (χ3v) is 4.90. The average molecular weight is 339 g/mol. The molecule has 0 spiro atoms. The summed E-state index contributed by atoms with van der Waals surface area (Å²) in [7, 11) is 0. The van der Waals surface area contributed by atoms with Crippen molar-refractivity contribution in [3.63, 3.8) is 0 Å². The van der Waals surface area contributed by atoms with Crippen LogP contribution in [0.15, 0.2) is 12.4 Å². The molecule has 2 aliphatic rings. The number of amides is 1. The Hall–Kier alpha value is -1.24. The summed E-state index contributed by atoms with van der Waals surface area (Å²) in [5, 5.41) is 0.432. The Morgan fingerprint density at radius 3 is 2.74 bits per heavy atom. The molecule has 2 saturated heterocycles. The van der Waals surface area contributed by atoms with Crippen LogP contribution in [0.4, 0.5) is 0 Å². The van der Waals surface area contributed by atoms with Crippen LogP contribution in [0.1, 0.15) is 30.9 Å². The standard InChI is InChI=1S/C16H23ClN4O2/c1-11(2)20-5-6-23-14-10-21(4-3-12(14)9-20)16(22)15-18-7-13(17)8-19-15/h7-8,11-12,14H,3-6,9-10H2,1-2H3. The number of aromatic nitrogens is 2. The third-order valence-electron chi connectivity index (χ3n) is 4.70. The van der Waals surface area contributed by atoms with Crippen molar-refractivity contribution in [2.75, 3.05) is 32.8 Å². The molecule has 1 aromatic heterocycles. The van der Waals surface area contributed by atoms with E-state index in [1.807, 2.05) is 0 Å². The molecule has 2 fully saturated rings. The molecular weight excluding hydrogens is 316 g/mol. The normalized spacial score (nSPS) is 26.0. The third kappa shape index (κ3) is 3.82. The Balaban J connectivity index is 1.65. The van der Waals surface area contributed by atoms with Gasteiger partial charge in [-0.05, 0) is 20.3 Å². The van der Waals surface area contributed by atoms with Crippen molar-refractivity contribution in [2.24, 2.45) is 5.92 Å².